The Hall–Kier alpha value is -2.09. The van der Waals surface area contributed by atoms with Crippen LogP contribution in [0.5, 0.6) is 0 Å². The predicted molar refractivity (Wildman–Crippen MR) is 106 cm³/mol. The van der Waals surface area contributed by atoms with Crippen molar-refractivity contribution < 1.29 is 14.4 Å². The summed E-state index contributed by atoms with van der Waals surface area (Å²) in [6, 6.07) is 6.23. The number of nitrogens with zero attached hydrogens (tertiary/aromatic N) is 2. The van der Waals surface area contributed by atoms with Crippen molar-refractivity contribution in [3.8, 4) is 0 Å². The lowest BCUT2D eigenvalue weighted by molar-refractivity contribution is -0.140. The van der Waals surface area contributed by atoms with Crippen LogP contribution in [0, 0.1) is 0 Å². The number of hydrogen-bond donors (Lipinski definition) is 2. The van der Waals surface area contributed by atoms with Crippen molar-refractivity contribution in [3.05, 3.63) is 28.7 Å². The molecule has 0 bridgehead atoms. The summed E-state index contributed by atoms with van der Waals surface area (Å²) in [7, 11) is 0. The number of nitrogens with one attached hydrogen (secondary N) is 2. The Labute approximate surface area is 167 Å². The van der Waals surface area contributed by atoms with Gasteiger partial charge in [-0.15, -0.1) is 0 Å². The molecule has 3 rings (SSSR count). The highest BCUT2D eigenvalue weighted by atomic mass is 79.9. The van der Waals surface area contributed by atoms with Crippen molar-refractivity contribution in [2.24, 2.45) is 0 Å². The van der Waals surface area contributed by atoms with E-state index >= 15 is 0 Å². The molecule has 4 amide bonds. The van der Waals surface area contributed by atoms with Crippen molar-refractivity contribution in [2.75, 3.05) is 31.5 Å². The fourth-order valence-electron chi connectivity index (χ4n) is 3.52. The average Bonchev–Trinajstić information content (AvgIpc) is 3.12. The Morgan fingerprint density at radius 1 is 1.11 bits per heavy atom. The fourth-order valence-corrected chi connectivity index (χ4v) is 3.92. The van der Waals surface area contributed by atoms with Crippen LogP contribution >= 0.6 is 15.9 Å². The molecule has 2 saturated heterocycles. The van der Waals surface area contributed by atoms with Crippen molar-refractivity contribution in [1.82, 2.24) is 15.1 Å². The Balaban J connectivity index is 1.57. The molecule has 0 radical (unpaired) electrons. The minimum absolute atomic E-state index is 0.0000808. The van der Waals surface area contributed by atoms with Gasteiger partial charge in [0.15, 0.2) is 0 Å². The van der Waals surface area contributed by atoms with Gasteiger partial charge in [0.1, 0.15) is 6.04 Å². The standard InChI is InChI=1S/C19H25BrN4O3/c20-14-6-5-7-15(12-14)21-19(27)22-16-8-1-2-11-24(18(16)26)13-17(25)23-9-3-4-10-23/h5-7,12,16H,1-4,8-11,13H2,(H2,21,22,27). The largest absolute Gasteiger partial charge is 0.341 e. The first-order valence-corrected chi connectivity index (χ1v) is 10.2. The van der Waals surface area contributed by atoms with E-state index in [2.05, 4.69) is 26.6 Å². The van der Waals surface area contributed by atoms with Crippen LogP contribution in [0.3, 0.4) is 0 Å². The van der Waals surface area contributed by atoms with Gasteiger partial charge >= 0.3 is 6.03 Å². The summed E-state index contributed by atoms with van der Waals surface area (Å²) in [5, 5.41) is 5.51. The third-order valence-electron chi connectivity index (χ3n) is 4.95. The van der Waals surface area contributed by atoms with Crippen LogP contribution in [0.25, 0.3) is 0 Å². The summed E-state index contributed by atoms with van der Waals surface area (Å²) in [6.07, 6.45) is 4.31. The lowest BCUT2D eigenvalue weighted by Crippen LogP contribution is -2.51. The zero-order chi connectivity index (χ0) is 19.2. The number of urea groups is 1. The molecule has 2 heterocycles. The van der Waals surface area contributed by atoms with E-state index in [4.69, 9.17) is 0 Å². The number of rotatable bonds is 4. The smallest absolute Gasteiger partial charge is 0.319 e. The third-order valence-corrected chi connectivity index (χ3v) is 5.45. The van der Waals surface area contributed by atoms with E-state index in [0.717, 1.165) is 43.2 Å². The minimum atomic E-state index is -0.606. The van der Waals surface area contributed by atoms with Crippen LogP contribution in [-0.4, -0.2) is 59.9 Å². The first-order chi connectivity index (χ1) is 13.0. The van der Waals surface area contributed by atoms with Gasteiger partial charge in [0, 0.05) is 29.8 Å². The molecule has 2 N–H and O–H groups in total. The molecule has 0 aromatic heterocycles. The van der Waals surface area contributed by atoms with Gasteiger partial charge in [-0.25, -0.2) is 4.79 Å². The molecular weight excluding hydrogens is 412 g/mol. The lowest BCUT2D eigenvalue weighted by atomic mass is 10.1. The van der Waals surface area contributed by atoms with Crippen LogP contribution in [0.4, 0.5) is 10.5 Å². The number of likely N-dealkylation sites (tertiary alicyclic amines) is 2. The molecule has 2 aliphatic heterocycles. The summed E-state index contributed by atoms with van der Waals surface area (Å²) in [4.78, 5) is 41.0. The minimum Gasteiger partial charge on any atom is -0.341 e. The highest BCUT2D eigenvalue weighted by molar-refractivity contribution is 9.10. The molecule has 27 heavy (non-hydrogen) atoms. The van der Waals surface area contributed by atoms with Crippen molar-refractivity contribution in [1.29, 1.82) is 0 Å². The molecule has 1 aromatic rings. The third kappa shape index (κ3) is 5.45. The van der Waals surface area contributed by atoms with Crippen LogP contribution in [0.1, 0.15) is 32.1 Å². The van der Waals surface area contributed by atoms with E-state index in [0.29, 0.717) is 18.7 Å². The highest BCUT2D eigenvalue weighted by Crippen LogP contribution is 2.17. The van der Waals surface area contributed by atoms with E-state index in [-0.39, 0.29) is 18.4 Å². The normalized spacial score (nSPS) is 20.3. The first-order valence-electron chi connectivity index (χ1n) is 9.42. The summed E-state index contributed by atoms with van der Waals surface area (Å²) >= 11 is 3.36. The van der Waals surface area contributed by atoms with Crippen molar-refractivity contribution in [2.45, 2.75) is 38.1 Å². The molecule has 146 valence electrons. The van der Waals surface area contributed by atoms with Crippen LogP contribution in [0.2, 0.25) is 0 Å². The molecule has 1 atom stereocenters. The molecule has 7 nitrogen and oxygen atoms in total. The summed E-state index contributed by atoms with van der Waals surface area (Å²) in [6.45, 7) is 2.21. The van der Waals surface area contributed by atoms with Crippen molar-refractivity contribution in [3.63, 3.8) is 0 Å². The summed E-state index contributed by atoms with van der Waals surface area (Å²) in [5.41, 5.74) is 0.643. The molecule has 1 unspecified atom stereocenters. The Morgan fingerprint density at radius 2 is 1.85 bits per heavy atom. The van der Waals surface area contributed by atoms with E-state index < -0.39 is 12.1 Å². The van der Waals surface area contributed by atoms with Crippen LogP contribution in [0.15, 0.2) is 28.7 Å². The molecule has 8 heteroatoms. The van der Waals surface area contributed by atoms with Crippen LogP contribution < -0.4 is 10.6 Å². The SMILES string of the molecule is O=C(Nc1cccc(Br)c1)NC1CCCCN(CC(=O)N2CCCC2)C1=O. The first kappa shape index (κ1) is 19.7. The van der Waals surface area contributed by atoms with Gasteiger partial charge in [0.05, 0.1) is 6.54 Å². The van der Waals surface area contributed by atoms with E-state index in [1.165, 1.54) is 0 Å². The number of carbonyl (C=O) groups is 3. The number of hydrogen-bond acceptors (Lipinski definition) is 3. The van der Waals surface area contributed by atoms with E-state index in [1.807, 2.05) is 17.0 Å². The number of halogens is 1. The van der Waals surface area contributed by atoms with Gasteiger partial charge < -0.3 is 20.4 Å². The second-order valence-corrected chi connectivity index (χ2v) is 7.92. The number of anilines is 1. The van der Waals surface area contributed by atoms with Crippen LogP contribution in [-0.2, 0) is 9.59 Å². The van der Waals surface area contributed by atoms with Crippen molar-refractivity contribution >= 4 is 39.5 Å². The summed E-state index contributed by atoms with van der Waals surface area (Å²) in [5.74, 6) is -0.176. The van der Waals surface area contributed by atoms with Gasteiger partial charge in [-0.3, -0.25) is 9.59 Å². The number of carbonyl (C=O) groups excluding carboxylic acids is 3. The molecule has 1 aromatic carbocycles. The fraction of sp³-hybridized carbons (Fsp3) is 0.526. The molecule has 2 aliphatic rings. The van der Waals surface area contributed by atoms with Gasteiger partial charge in [-0.1, -0.05) is 22.0 Å². The van der Waals surface area contributed by atoms with Gasteiger partial charge in [-0.05, 0) is 50.3 Å². The maximum atomic E-state index is 12.8. The zero-order valence-electron chi connectivity index (χ0n) is 15.2. The van der Waals surface area contributed by atoms with Gasteiger partial charge in [0.2, 0.25) is 11.8 Å². The molecule has 2 fully saturated rings. The van der Waals surface area contributed by atoms with Gasteiger partial charge in [-0.2, -0.15) is 0 Å². The monoisotopic (exact) mass is 436 g/mol. The number of benzene rings is 1. The molecule has 0 aliphatic carbocycles. The Morgan fingerprint density at radius 3 is 2.59 bits per heavy atom. The Bertz CT molecular complexity index is 706. The maximum Gasteiger partial charge on any atom is 0.319 e. The predicted octanol–water partition coefficient (Wildman–Crippen LogP) is 2.57. The average molecular weight is 437 g/mol. The Kier molecular flexibility index (Phi) is 6.71. The second kappa shape index (κ2) is 9.21. The number of amides is 4. The highest BCUT2D eigenvalue weighted by Gasteiger charge is 2.30. The molecule has 0 saturated carbocycles. The van der Waals surface area contributed by atoms with Gasteiger partial charge in [0.25, 0.3) is 0 Å². The van der Waals surface area contributed by atoms with E-state index in [1.54, 1.807) is 17.0 Å². The topological polar surface area (TPSA) is 81.8 Å². The molecular formula is C19H25BrN4O3. The second-order valence-electron chi connectivity index (χ2n) is 7.00. The maximum absolute atomic E-state index is 12.8. The lowest BCUT2D eigenvalue weighted by Gasteiger charge is -2.26. The van der Waals surface area contributed by atoms with E-state index in [9.17, 15) is 14.4 Å². The summed E-state index contributed by atoms with van der Waals surface area (Å²) < 4.78 is 0.859. The zero-order valence-corrected chi connectivity index (χ0v) is 16.8. The quantitative estimate of drug-likeness (QED) is 0.760. The molecule has 0 spiro atoms.